The molecule has 2 atom stereocenters. The van der Waals surface area contributed by atoms with Gasteiger partial charge in [0.05, 0.1) is 10.6 Å². The van der Waals surface area contributed by atoms with Crippen LogP contribution in [-0.4, -0.2) is 28.4 Å². The minimum Gasteiger partial charge on any atom is -0.335 e. The molecule has 0 aromatic carbocycles. The third kappa shape index (κ3) is 2.48. The standard InChI is InChI=1S/C15H19ClN2O/c16-13-7-8-17-10-12(13)15(19)18-9-3-5-11-4-1-2-6-14(11)18/h7-8,10-11,14H,1-6,9H2. The van der Waals surface area contributed by atoms with Gasteiger partial charge in [0.2, 0.25) is 0 Å². The zero-order valence-electron chi connectivity index (χ0n) is 11.0. The predicted octanol–water partition coefficient (Wildman–Crippen LogP) is 3.53. The van der Waals surface area contributed by atoms with Crippen molar-refractivity contribution in [1.82, 2.24) is 9.88 Å². The van der Waals surface area contributed by atoms with Gasteiger partial charge in [0.25, 0.3) is 5.91 Å². The minimum atomic E-state index is 0.0645. The Labute approximate surface area is 119 Å². The molecule has 2 heterocycles. The van der Waals surface area contributed by atoms with Crippen LogP contribution in [0.4, 0.5) is 0 Å². The van der Waals surface area contributed by atoms with Gasteiger partial charge in [-0.2, -0.15) is 0 Å². The number of likely N-dealkylation sites (tertiary alicyclic amines) is 1. The molecule has 2 unspecified atom stereocenters. The maximum atomic E-state index is 12.7. The van der Waals surface area contributed by atoms with Gasteiger partial charge < -0.3 is 4.90 Å². The average Bonchev–Trinajstić information content (AvgIpc) is 2.46. The molecule has 2 fully saturated rings. The number of rotatable bonds is 1. The highest BCUT2D eigenvalue weighted by Crippen LogP contribution is 2.36. The van der Waals surface area contributed by atoms with Crippen molar-refractivity contribution in [3.63, 3.8) is 0 Å². The summed E-state index contributed by atoms with van der Waals surface area (Å²) in [5, 5.41) is 0.512. The third-order valence-corrected chi connectivity index (χ3v) is 4.83. The van der Waals surface area contributed by atoms with Crippen LogP contribution in [0.5, 0.6) is 0 Å². The Bertz CT molecular complexity index is 475. The first-order valence-electron chi connectivity index (χ1n) is 7.18. The first-order chi connectivity index (χ1) is 9.27. The van der Waals surface area contributed by atoms with E-state index in [2.05, 4.69) is 9.88 Å². The second kappa shape index (κ2) is 5.49. The maximum absolute atomic E-state index is 12.7. The van der Waals surface area contributed by atoms with Gasteiger partial charge >= 0.3 is 0 Å². The van der Waals surface area contributed by atoms with Crippen LogP contribution in [0.3, 0.4) is 0 Å². The second-order valence-corrected chi connectivity index (χ2v) is 6.02. The van der Waals surface area contributed by atoms with Crippen LogP contribution in [0, 0.1) is 5.92 Å². The minimum absolute atomic E-state index is 0.0645. The van der Waals surface area contributed by atoms with Gasteiger partial charge in [-0.15, -0.1) is 0 Å². The van der Waals surface area contributed by atoms with Crippen LogP contribution in [0.25, 0.3) is 0 Å². The molecule has 0 radical (unpaired) electrons. The molecular formula is C15H19ClN2O. The zero-order valence-corrected chi connectivity index (χ0v) is 11.8. The third-order valence-electron chi connectivity index (χ3n) is 4.50. The van der Waals surface area contributed by atoms with E-state index >= 15 is 0 Å². The number of amides is 1. The van der Waals surface area contributed by atoms with Crippen molar-refractivity contribution < 1.29 is 4.79 Å². The number of carbonyl (C=O) groups excluding carboxylic acids is 1. The smallest absolute Gasteiger partial charge is 0.257 e. The molecule has 1 saturated carbocycles. The van der Waals surface area contributed by atoms with Crippen LogP contribution in [0.15, 0.2) is 18.5 Å². The SMILES string of the molecule is O=C(c1cnccc1Cl)N1CCCC2CCCCC21. The normalized spacial score (nSPS) is 26.9. The highest BCUT2D eigenvalue weighted by Gasteiger charge is 2.36. The summed E-state index contributed by atoms with van der Waals surface area (Å²) < 4.78 is 0. The fourth-order valence-electron chi connectivity index (χ4n) is 3.57. The fraction of sp³-hybridized carbons (Fsp3) is 0.600. The molecule has 0 bridgehead atoms. The number of nitrogens with zero attached hydrogens (tertiary/aromatic N) is 2. The van der Waals surface area contributed by atoms with E-state index in [1.165, 1.54) is 25.7 Å². The predicted molar refractivity (Wildman–Crippen MR) is 75.3 cm³/mol. The first-order valence-corrected chi connectivity index (χ1v) is 7.55. The van der Waals surface area contributed by atoms with E-state index in [-0.39, 0.29) is 5.91 Å². The summed E-state index contributed by atoms with van der Waals surface area (Å²) in [5.74, 6) is 0.761. The molecule has 3 nitrogen and oxygen atoms in total. The lowest BCUT2D eigenvalue weighted by molar-refractivity contribution is 0.0390. The van der Waals surface area contributed by atoms with Crippen LogP contribution >= 0.6 is 11.6 Å². The van der Waals surface area contributed by atoms with Gasteiger partial charge in [-0.25, -0.2) is 0 Å². The summed E-state index contributed by atoms with van der Waals surface area (Å²) in [4.78, 5) is 18.8. The molecule has 1 saturated heterocycles. The largest absolute Gasteiger partial charge is 0.335 e. The first kappa shape index (κ1) is 12.9. The fourth-order valence-corrected chi connectivity index (χ4v) is 3.75. The Morgan fingerprint density at radius 1 is 1.26 bits per heavy atom. The molecule has 1 aliphatic carbocycles. The number of halogens is 1. The lowest BCUT2D eigenvalue weighted by atomic mass is 9.78. The topological polar surface area (TPSA) is 33.2 Å². The van der Waals surface area contributed by atoms with Gasteiger partial charge in [-0.05, 0) is 37.7 Å². The van der Waals surface area contributed by atoms with Crippen LogP contribution in [0.1, 0.15) is 48.9 Å². The number of hydrogen-bond acceptors (Lipinski definition) is 2. The van der Waals surface area contributed by atoms with Crippen molar-refractivity contribution in [2.24, 2.45) is 5.92 Å². The zero-order chi connectivity index (χ0) is 13.2. The Morgan fingerprint density at radius 2 is 2.05 bits per heavy atom. The van der Waals surface area contributed by atoms with Crippen LogP contribution in [0.2, 0.25) is 5.02 Å². The van der Waals surface area contributed by atoms with E-state index in [0.29, 0.717) is 22.5 Å². The summed E-state index contributed by atoms with van der Waals surface area (Å²) in [6, 6.07) is 2.11. The van der Waals surface area contributed by atoms with Crippen LogP contribution < -0.4 is 0 Å². The van der Waals surface area contributed by atoms with E-state index in [1.807, 2.05) is 0 Å². The van der Waals surface area contributed by atoms with Crippen molar-refractivity contribution in [2.45, 2.75) is 44.6 Å². The molecule has 3 rings (SSSR count). The van der Waals surface area contributed by atoms with E-state index in [0.717, 1.165) is 19.4 Å². The molecule has 1 aromatic heterocycles. The Hall–Kier alpha value is -1.09. The molecular weight excluding hydrogens is 260 g/mol. The van der Waals surface area contributed by atoms with E-state index in [1.54, 1.807) is 18.5 Å². The van der Waals surface area contributed by atoms with Gasteiger partial charge in [0.15, 0.2) is 0 Å². The highest BCUT2D eigenvalue weighted by atomic mass is 35.5. The number of pyridine rings is 1. The van der Waals surface area contributed by atoms with Crippen molar-refractivity contribution in [3.8, 4) is 0 Å². The summed E-state index contributed by atoms with van der Waals surface area (Å²) >= 11 is 6.13. The lowest BCUT2D eigenvalue weighted by Crippen LogP contribution is -2.49. The van der Waals surface area contributed by atoms with Crippen molar-refractivity contribution >= 4 is 17.5 Å². The molecule has 1 amide bonds. The number of carbonyl (C=O) groups is 1. The molecule has 102 valence electrons. The van der Waals surface area contributed by atoms with Crippen molar-refractivity contribution in [2.75, 3.05) is 6.54 Å². The van der Waals surface area contributed by atoms with Crippen LogP contribution in [-0.2, 0) is 0 Å². The molecule has 1 aliphatic heterocycles. The molecule has 1 aromatic rings. The molecule has 0 spiro atoms. The lowest BCUT2D eigenvalue weighted by Gasteiger charge is -2.44. The van der Waals surface area contributed by atoms with E-state index in [9.17, 15) is 4.79 Å². The Kier molecular flexibility index (Phi) is 3.74. The van der Waals surface area contributed by atoms with Gasteiger partial charge in [-0.3, -0.25) is 9.78 Å². The summed E-state index contributed by atoms with van der Waals surface area (Å²) in [6.45, 7) is 0.866. The summed E-state index contributed by atoms with van der Waals surface area (Å²) in [7, 11) is 0. The number of piperidine rings is 1. The second-order valence-electron chi connectivity index (χ2n) is 5.61. The number of fused-ring (bicyclic) bond motifs is 1. The van der Waals surface area contributed by atoms with E-state index in [4.69, 9.17) is 11.6 Å². The molecule has 2 aliphatic rings. The highest BCUT2D eigenvalue weighted by molar-refractivity contribution is 6.33. The Balaban J connectivity index is 1.84. The number of aromatic nitrogens is 1. The van der Waals surface area contributed by atoms with E-state index < -0.39 is 0 Å². The number of hydrogen-bond donors (Lipinski definition) is 0. The Morgan fingerprint density at radius 3 is 2.89 bits per heavy atom. The van der Waals surface area contributed by atoms with Gasteiger partial charge in [-0.1, -0.05) is 24.4 Å². The van der Waals surface area contributed by atoms with Gasteiger partial charge in [0.1, 0.15) is 0 Å². The molecule has 4 heteroatoms. The van der Waals surface area contributed by atoms with Gasteiger partial charge in [0, 0.05) is 25.0 Å². The molecule has 0 N–H and O–H groups in total. The summed E-state index contributed by atoms with van der Waals surface area (Å²) in [5.41, 5.74) is 0.551. The summed E-state index contributed by atoms with van der Waals surface area (Å²) in [6.07, 6.45) is 10.6. The average molecular weight is 279 g/mol. The quantitative estimate of drug-likeness (QED) is 0.787. The monoisotopic (exact) mass is 278 g/mol. The maximum Gasteiger partial charge on any atom is 0.257 e. The van der Waals surface area contributed by atoms with Crippen molar-refractivity contribution in [3.05, 3.63) is 29.0 Å². The van der Waals surface area contributed by atoms with Crippen molar-refractivity contribution in [1.29, 1.82) is 0 Å². The molecule has 19 heavy (non-hydrogen) atoms.